The highest BCUT2D eigenvalue weighted by atomic mass is 35.5. The van der Waals surface area contributed by atoms with Crippen LogP contribution >= 0.6 is 35.4 Å². The summed E-state index contributed by atoms with van der Waals surface area (Å²) in [6.07, 6.45) is 1.33. The Morgan fingerprint density at radius 1 is 1.19 bits per heavy atom. The number of thiocarbonyl (C=S) groups is 1. The molecule has 32 heavy (non-hydrogen) atoms. The van der Waals surface area contributed by atoms with Gasteiger partial charge in [0.15, 0.2) is 16.6 Å². The largest absolute Gasteiger partial charge is 0.490 e. The number of nitrogens with zero attached hydrogens (tertiary/aromatic N) is 1. The third-order valence-electron chi connectivity index (χ3n) is 4.58. The van der Waals surface area contributed by atoms with Crippen LogP contribution < -0.4 is 19.7 Å². The molecule has 1 aliphatic heterocycles. The molecule has 0 aromatic heterocycles. The van der Waals surface area contributed by atoms with Crippen LogP contribution in [0.3, 0.4) is 0 Å². The van der Waals surface area contributed by atoms with E-state index in [2.05, 4.69) is 5.32 Å². The van der Waals surface area contributed by atoms with Crippen molar-refractivity contribution in [1.29, 1.82) is 0 Å². The van der Waals surface area contributed by atoms with Crippen LogP contribution in [0.4, 0.5) is 5.69 Å². The SMILES string of the molecule is CCOc1cc(/C=C2\C(=O)NC(=S)N(c3cccc(Cl)c3C)C2=O)cc(Cl)c1OC(C)C. The molecular formula is C23H22Cl2N2O4S. The molecular weight excluding hydrogens is 471 g/mol. The summed E-state index contributed by atoms with van der Waals surface area (Å²) in [5.41, 5.74) is 1.56. The van der Waals surface area contributed by atoms with Gasteiger partial charge in [-0.1, -0.05) is 29.3 Å². The summed E-state index contributed by atoms with van der Waals surface area (Å²) in [6.45, 7) is 7.75. The Morgan fingerprint density at radius 2 is 1.91 bits per heavy atom. The Bertz CT molecular complexity index is 1130. The molecule has 168 valence electrons. The van der Waals surface area contributed by atoms with E-state index in [0.29, 0.717) is 45.0 Å². The van der Waals surface area contributed by atoms with Crippen LogP contribution in [-0.2, 0) is 9.59 Å². The summed E-state index contributed by atoms with van der Waals surface area (Å²) in [4.78, 5) is 27.2. The zero-order valence-electron chi connectivity index (χ0n) is 18.0. The lowest BCUT2D eigenvalue weighted by Crippen LogP contribution is -2.54. The number of halogens is 2. The minimum absolute atomic E-state index is 0.0174. The maximum absolute atomic E-state index is 13.3. The third-order valence-corrected chi connectivity index (χ3v) is 5.55. The predicted octanol–water partition coefficient (Wildman–Crippen LogP) is 5.32. The predicted molar refractivity (Wildman–Crippen MR) is 131 cm³/mol. The van der Waals surface area contributed by atoms with Crippen molar-refractivity contribution in [3.8, 4) is 11.5 Å². The molecule has 0 unspecified atom stereocenters. The Morgan fingerprint density at radius 3 is 2.56 bits per heavy atom. The normalized spacial score (nSPS) is 15.4. The molecule has 6 nitrogen and oxygen atoms in total. The number of benzene rings is 2. The molecule has 2 amide bonds. The maximum atomic E-state index is 13.3. The van der Waals surface area contributed by atoms with Crippen molar-refractivity contribution in [2.24, 2.45) is 0 Å². The minimum Gasteiger partial charge on any atom is -0.490 e. The molecule has 2 aromatic rings. The lowest BCUT2D eigenvalue weighted by molar-refractivity contribution is -0.122. The zero-order valence-corrected chi connectivity index (χ0v) is 20.3. The highest BCUT2D eigenvalue weighted by Gasteiger charge is 2.35. The van der Waals surface area contributed by atoms with Gasteiger partial charge in [0.25, 0.3) is 11.8 Å². The van der Waals surface area contributed by atoms with E-state index in [9.17, 15) is 9.59 Å². The molecule has 1 heterocycles. The number of hydrogen-bond acceptors (Lipinski definition) is 5. The number of rotatable bonds is 6. The molecule has 1 saturated heterocycles. The second kappa shape index (κ2) is 9.90. The van der Waals surface area contributed by atoms with Gasteiger partial charge in [-0.25, -0.2) is 0 Å². The average Bonchev–Trinajstić information content (AvgIpc) is 2.71. The number of carbonyl (C=O) groups excluding carboxylic acids is 2. The van der Waals surface area contributed by atoms with Gasteiger partial charge in [0.05, 0.1) is 23.4 Å². The van der Waals surface area contributed by atoms with E-state index in [1.165, 1.54) is 11.0 Å². The smallest absolute Gasteiger partial charge is 0.270 e. The third kappa shape index (κ3) is 4.90. The van der Waals surface area contributed by atoms with Crippen molar-refractivity contribution in [2.75, 3.05) is 11.5 Å². The van der Waals surface area contributed by atoms with E-state index in [1.807, 2.05) is 20.8 Å². The number of hydrogen-bond donors (Lipinski definition) is 1. The number of anilines is 1. The molecule has 1 fully saturated rings. The average molecular weight is 493 g/mol. The minimum atomic E-state index is -0.604. The Kier molecular flexibility index (Phi) is 7.44. The molecule has 0 aliphatic carbocycles. The van der Waals surface area contributed by atoms with Crippen molar-refractivity contribution in [3.05, 3.63) is 57.1 Å². The first-order chi connectivity index (χ1) is 15.1. The van der Waals surface area contributed by atoms with E-state index in [1.54, 1.807) is 37.3 Å². The molecule has 0 bridgehead atoms. The van der Waals surface area contributed by atoms with Crippen molar-refractivity contribution in [3.63, 3.8) is 0 Å². The molecule has 9 heteroatoms. The van der Waals surface area contributed by atoms with Gasteiger partial charge in [-0.15, -0.1) is 0 Å². The molecule has 1 aliphatic rings. The number of nitrogens with one attached hydrogen (secondary N) is 1. The quantitative estimate of drug-likeness (QED) is 0.335. The van der Waals surface area contributed by atoms with Gasteiger partial charge in [-0.05, 0) is 81.4 Å². The van der Waals surface area contributed by atoms with E-state index in [-0.39, 0.29) is 16.8 Å². The van der Waals surface area contributed by atoms with Crippen molar-refractivity contribution < 1.29 is 19.1 Å². The van der Waals surface area contributed by atoms with Crippen LogP contribution in [0.25, 0.3) is 6.08 Å². The molecule has 0 radical (unpaired) electrons. The molecule has 1 N–H and O–H groups in total. The Balaban J connectivity index is 2.07. The molecule has 0 atom stereocenters. The van der Waals surface area contributed by atoms with Crippen LogP contribution in [0.15, 0.2) is 35.9 Å². The lowest BCUT2D eigenvalue weighted by Gasteiger charge is -2.30. The summed E-state index contributed by atoms with van der Waals surface area (Å²) in [6, 6.07) is 8.41. The first-order valence-corrected chi connectivity index (χ1v) is 11.1. The first kappa shape index (κ1) is 24.0. The van der Waals surface area contributed by atoms with E-state index >= 15 is 0 Å². The second-order valence-corrected chi connectivity index (χ2v) is 8.47. The molecule has 2 aromatic carbocycles. The number of amides is 2. The van der Waals surface area contributed by atoms with E-state index in [4.69, 9.17) is 44.9 Å². The van der Waals surface area contributed by atoms with Crippen molar-refractivity contribution in [1.82, 2.24) is 5.32 Å². The van der Waals surface area contributed by atoms with Gasteiger partial charge in [0.2, 0.25) is 0 Å². The molecule has 3 rings (SSSR count). The first-order valence-electron chi connectivity index (χ1n) is 9.93. The van der Waals surface area contributed by atoms with Crippen LogP contribution in [-0.4, -0.2) is 29.6 Å². The fourth-order valence-corrected chi connectivity index (χ4v) is 3.87. The second-order valence-electron chi connectivity index (χ2n) is 7.27. The van der Waals surface area contributed by atoms with Gasteiger partial charge < -0.3 is 9.47 Å². The molecule has 0 saturated carbocycles. The maximum Gasteiger partial charge on any atom is 0.270 e. The van der Waals surface area contributed by atoms with Gasteiger partial charge in [-0.3, -0.25) is 19.8 Å². The summed E-state index contributed by atoms with van der Waals surface area (Å²) < 4.78 is 11.4. The van der Waals surface area contributed by atoms with E-state index in [0.717, 1.165) is 0 Å². The highest BCUT2D eigenvalue weighted by Crippen LogP contribution is 2.38. The van der Waals surface area contributed by atoms with Crippen molar-refractivity contribution >= 4 is 64.1 Å². The van der Waals surface area contributed by atoms with Gasteiger partial charge in [0, 0.05) is 5.02 Å². The summed E-state index contributed by atoms with van der Waals surface area (Å²) in [7, 11) is 0. The van der Waals surface area contributed by atoms with Crippen LogP contribution in [0, 0.1) is 6.92 Å². The van der Waals surface area contributed by atoms with Crippen LogP contribution in [0.5, 0.6) is 11.5 Å². The summed E-state index contributed by atoms with van der Waals surface area (Å²) >= 11 is 17.9. The monoisotopic (exact) mass is 492 g/mol. The summed E-state index contributed by atoms with van der Waals surface area (Å²) in [5, 5.41) is 3.33. The highest BCUT2D eigenvalue weighted by molar-refractivity contribution is 7.80. The zero-order chi connectivity index (χ0) is 23.6. The van der Waals surface area contributed by atoms with Crippen LogP contribution in [0.1, 0.15) is 31.9 Å². The Labute approximate surface area is 202 Å². The fraction of sp³-hybridized carbons (Fsp3) is 0.261. The van der Waals surface area contributed by atoms with Crippen LogP contribution in [0.2, 0.25) is 10.0 Å². The number of ether oxygens (including phenoxy) is 2. The van der Waals surface area contributed by atoms with Gasteiger partial charge in [-0.2, -0.15) is 0 Å². The number of carbonyl (C=O) groups is 2. The molecule has 0 spiro atoms. The fourth-order valence-electron chi connectivity index (χ4n) is 3.17. The standard InChI is InChI=1S/C23H22Cl2N2O4S/c1-5-30-19-11-14(10-17(25)20(19)31-12(2)3)9-15-21(28)26-23(32)27(22(15)29)18-8-6-7-16(24)13(18)4/h6-12H,5H2,1-4H3,(H,26,28,32)/b15-9+. The van der Waals surface area contributed by atoms with Gasteiger partial charge in [0.1, 0.15) is 5.57 Å². The Hall–Kier alpha value is -2.61. The summed E-state index contributed by atoms with van der Waals surface area (Å²) in [5.74, 6) is -0.349. The van der Waals surface area contributed by atoms with E-state index < -0.39 is 11.8 Å². The van der Waals surface area contributed by atoms with Crippen molar-refractivity contribution in [2.45, 2.75) is 33.8 Å². The van der Waals surface area contributed by atoms with Gasteiger partial charge >= 0.3 is 0 Å². The lowest BCUT2D eigenvalue weighted by atomic mass is 10.1. The topological polar surface area (TPSA) is 67.9 Å².